The summed E-state index contributed by atoms with van der Waals surface area (Å²) in [5.41, 5.74) is 7.23. The average Bonchev–Trinajstić information content (AvgIpc) is 2.84. The Morgan fingerprint density at radius 3 is 2.65 bits per heavy atom. The quantitative estimate of drug-likeness (QED) is 0.933. The number of ether oxygens (including phenoxy) is 2. The van der Waals surface area contributed by atoms with Crippen molar-refractivity contribution in [3.8, 4) is 11.5 Å². The molecule has 4 nitrogen and oxygen atoms in total. The molecule has 1 atom stereocenters. The van der Waals surface area contributed by atoms with E-state index >= 15 is 0 Å². The molecule has 1 aliphatic heterocycles. The Labute approximate surface area is 118 Å². The fourth-order valence-electron chi connectivity index (χ4n) is 2.29. The molecule has 20 heavy (non-hydrogen) atoms. The highest BCUT2D eigenvalue weighted by Crippen LogP contribution is 2.33. The van der Waals surface area contributed by atoms with Crippen molar-refractivity contribution >= 4 is 0 Å². The molecule has 1 unspecified atom stereocenters. The van der Waals surface area contributed by atoms with Crippen molar-refractivity contribution < 1.29 is 13.9 Å². The monoisotopic (exact) mass is 273 g/mol. The zero-order chi connectivity index (χ0) is 13.9. The Bertz CT molecular complexity index is 591. The Morgan fingerprint density at radius 2 is 1.90 bits per heavy atom. The van der Waals surface area contributed by atoms with Crippen LogP contribution < -0.4 is 15.2 Å². The Morgan fingerprint density at radius 1 is 1.10 bits per heavy atom. The molecule has 0 spiro atoms. The Hall–Kier alpha value is -1.94. The van der Waals surface area contributed by atoms with Crippen LogP contribution in [0, 0.1) is 0 Å². The maximum absolute atomic E-state index is 6.27. The van der Waals surface area contributed by atoms with Crippen LogP contribution in [-0.4, -0.2) is 13.2 Å². The van der Waals surface area contributed by atoms with E-state index in [2.05, 4.69) is 6.92 Å². The summed E-state index contributed by atoms with van der Waals surface area (Å²) in [4.78, 5) is 0. The first-order valence-corrected chi connectivity index (χ1v) is 7.01. The van der Waals surface area contributed by atoms with Gasteiger partial charge >= 0.3 is 0 Å². The second-order valence-corrected chi connectivity index (χ2v) is 4.89. The molecule has 1 aliphatic rings. The van der Waals surface area contributed by atoms with Gasteiger partial charge in [-0.1, -0.05) is 13.0 Å². The van der Waals surface area contributed by atoms with E-state index in [1.54, 1.807) is 0 Å². The van der Waals surface area contributed by atoms with Gasteiger partial charge < -0.3 is 19.6 Å². The molecule has 106 valence electrons. The summed E-state index contributed by atoms with van der Waals surface area (Å²) in [5, 5.41) is 0. The van der Waals surface area contributed by atoms with Gasteiger partial charge in [-0.05, 0) is 29.8 Å². The molecule has 0 amide bonds. The number of furan rings is 1. The van der Waals surface area contributed by atoms with Gasteiger partial charge in [-0.15, -0.1) is 0 Å². The third-order valence-electron chi connectivity index (χ3n) is 3.47. The van der Waals surface area contributed by atoms with E-state index in [0.29, 0.717) is 13.2 Å². The summed E-state index contributed by atoms with van der Waals surface area (Å²) in [6.07, 6.45) is 1.77. The molecule has 3 rings (SSSR count). The standard InChI is InChI=1S/C16H19NO3/c1-2-12-5-7-14(20-12)16(17)11-4-6-13-15(10-11)19-9-3-8-18-13/h4-7,10,16H,2-3,8-9,17H2,1H3. The van der Waals surface area contributed by atoms with Crippen LogP contribution in [0.4, 0.5) is 0 Å². The molecule has 0 bridgehead atoms. The maximum Gasteiger partial charge on any atom is 0.161 e. The number of nitrogens with two attached hydrogens (primary N) is 1. The van der Waals surface area contributed by atoms with Crippen molar-refractivity contribution in [1.82, 2.24) is 0 Å². The topological polar surface area (TPSA) is 57.6 Å². The Balaban J connectivity index is 1.87. The molecule has 2 aromatic rings. The summed E-state index contributed by atoms with van der Waals surface area (Å²) in [5.74, 6) is 3.27. The number of hydrogen-bond donors (Lipinski definition) is 1. The second-order valence-electron chi connectivity index (χ2n) is 4.89. The van der Waals surface area contributed by atoms with Gasteiger partial charge in [0.2, 0.25) is 0 Å². The molecule has 4 heteroatoms. The van der Waals surface area contributed by atoms with Crippen LogP contribution >= 0.6 is 0 Å². The highest BCUT2D eigenvalue weighted by atomic mass is 16.5. The molecule has 1 aromatic heterocycles. The van der Waals surface area contributed by atoms with Crippen molar-refractivity contribution in [2.45, 2.75) is 25.8 Å². The van der Waals surface area contributed by atoms with E-state index < -0.39 is 0 Å². The van der Waals surface area contributed by atoms with E-state index in [-0.39, 0.29) is 6.04 Å². The molecule has 0 radical (unpaired) electrons. The van der Waals surface area contributed by atoms with E-state index in [4.69, 9.17) is 19.6 Å². The number of rotatable bonds is 3. The van der Waals surface area contributed by atoms with Crippen molar-refractivity contribution in [3.05, 3.63) is 47.4 Å². The van der Waals surface area contributed by atoms with Gasteiger partial charge in [-0.3, -0.25) is 0 Å². The fraction of sp³-hybridized carbons (Fsp3) is 0.375. The van der Waals surface area contributed by atoms with Gasteiger partial charge in [0.25, 0.3) is 0 Å². The number of hydrogen-bond acceptors (Lipinski definition) is 4. The predicted octanol–water partition coefficient (Wildman–Crippen LogP) is 3.05. The minimum absolute atomic E-state index is 0.285. The number of benzene rings is 1. The lowest BCUT2D eigenvalue weighted by Crippen LogP contribution is -2.11. The van der Waals surface area contributed by atoms with Gasteiger partial charge in [-0.2, -0.15) is 0 Å². The fourth-order valence-corrected chi connectivity index (χ4v) is 2.29. The normalized spacial score (nSPS) is 15.7. The first-order chi connectivity index (χ1) is 9.78. The highest BCUT2D eigenvalue weighted by molar-refractivity contribution is 5.45. The summed E-state index contributed by atoms with van der Waals surface area (Å²) in [6.45, 7) is 3.42. The summed E-state index contributed by atoms with van der Waals surface area (Å²) < 4.78 is 17.0. The molecule has 2 heterocycles. The van der Waals surface area contributed by atoms with Crippen LogP contribution in [-0.2, 0) is 6.42 Å². The van der Waals surface area contributed by atoms with Crippen LogP contribution in [0.2, 0.25) is 0 Å². The molecule has 0 saturated carbocycles. The first kappa shape index (κ1) is 13.1. The molecule has 0 fully saturated rings. The summed E-state index contributed by atoms with van der Waals surface area (Å²) in [6, 6.07) is 9.45. The average molecular weight is 273 g/mol. The molecular formula is C16H19NO3. The van der Waals surface area contributed by atoms with Gasteiger partial charge in [0.1, 0.15) is 11.5 Å². The van der Waals surface area contributed by atoms with Gasteiger partial charge in [-0.25, -0.2) is 0 Å². The highest BCUT2D eigenvalue weighted by Gasteiger charge is 2.17. The smallest absolute Gasteiger partial charge is 0.161 e. The van der Waals surface area contributed by atoms with Gasteiger partial charge in [0, 0.05) is 12.8 Å². The molecule has 0 aliphatic carbocycles. The zero-order valence-electron chi connectivity index (χ0n) is 11.6. The van der Waals surface area contributed by atoms with Crippen LogP contribution in [0.5, 0.6) is 11.5 Å². The lowest BCUT2D eigenvalue weighted by Gasteiger charge is -2.13. The van der Waals surface area contributed by atoms with Crippen LogP contribution in [0.15, 0.2) is 34.7 Å². The minimum atomic E-state index is -0.285. The van der Waals surface area contributed by atoms with E-state index in [1.165, 1.54) is 0 Å². The third-order valence-corrected chi connectivity index (χ3v) is 3.47. The molecule has 2 N–H and O–H groups in total. The van der Waals surface area contributed by atoms with Crippen LogP contribution in [0.1, 0.15) is 36.5 Å². The number of aryl methyl sites for hydroxylation is 1. The maximum atomic E-state index is 6.27. The minimum Gasteiger partial charge on any atom is -0.490 e. The van der Waals surface area contributed by atoms with Crippen molar-refractivity contribution in [2.24, 2.45) is 5.73 Å². The number of fused-ring (bicyclic) bond motifs is 1. The predicted molar refractivity (Wildman–Crippen MR) is 76.2 cm³/mol. The van der Waals surface area contributed by atoms with E-state index in [0.717, 1.165) is 41.4 Å². The van der Waals surface area contributed by atoms with Crippen molar-refractivity contribution in [2.75, 3.05) is 13.2 Å². The van der Waals surface area contributed by atoms with Gasteiger partial charge in [0.15, 0.2) is 11.5 Å². The largest absolute Gasteiger partial charge is 0.490 e. The van der Waals surface area contributed by atoms with Crippen molar-refractivity contribution in [3.63, 3.8) is 0 Å². The SMILES string of the molecule is CCc1ccc(C(N)c2ccc3c(c2)OCCCO3)o1. The second kappa shape index (κ2) is 5.59. The molecular weight excluding hydrogens is 254 g/mol. The molecule has 1 aromatic carbocycles. The summed E-state index contributed by atoms with van der Waals surface area (Å²) in [7, 11) is 0. The first-order valence-electron chi connectivity index (χ1n) is 7.01. The van der Waals surface area contributed by atoms with E-state index in [1.807, 2.05) is 30.3 Å². The van der Waals surface area contributed by atoms with Gasteiger partial charge in [0.05, 0.1) is 19.3 Å². The van der Waals surface area contributed by atoms with Crippen LogP contribution in [0.3, 0.4) is 0 Å². The molecule has 0 saturated heterocycles. The Kier molecular flexibility index (Phi) is 3.65. The lowest BCUT2D eigenvalue weighted by atomic mass is 10.0. The lowest BCUT2D eigenvalue weighted by molar-refractivity contribution is 0.297. The summed E-state index contributed by atoms with van der Waals surface area (Å²) >= 11 is 0. The van der Waals surface area contributed by atoms with Crippen LogP contribution in [0.25, 0.3) is 0 Å². The van der Waals surface area contributed by atoms with E-state index in [9.17, 15) is 0 Å². The third kappa shape index (κ3) is 2.51. The van der Waals surface area contributed by atoms with Crippen molar-refractivity contribution in [1.29, 1.82) is 0 Å². The zero-order valence-corrected chi connectivity index (χ0v) is 11.6.